The van der Waals surface area contributed by atoms with Crippen LogP contribution in [-0.4, -0.2) is 53.1 Å². The molecule has 21 heavy (non-hydrogen) atoms. The second kappa shape index (κ2) is 7.26. The Hall–Kier alpha value is -1.82. The Morgan fingerprint density at radius 1 is 1.38 bits per heavy atom. The number of hydrogen-bond donors (Lipinski definition) is 2. The molecule has 6 nitrogen and oxygen atoms in total. The molecule has 0 atom stereocenters. The van der Waals surface area contributed by atoms with E-state index in [2.05, 4.69) is 17.3 Å². The minimum Gasteiger partial charge on any atom is -0.480 e. The minimum atomic E-state index is -0.952. The fraction of sp³-hybridized carbons (Fsp3) is 0.600. The number of nitrogens with one attached hydrogen (secondary N) is 1. The molecule has 1 aliphatic heterocycles. The quantitative estimate of drug-likeness (QED) is 0.821. The first-order chi connectivity index (χ1) is 10.1. The highest BCUT2D eigenvalue weighted by Gasteiger charge is 2.17. The largest absolute Gasteiger partial charge is 0.480 e. The number of hydrogen-bond acceptors (Lipinski definition) is 3. The molecule has 2 rings (SSSR count). The van der Waals surface area contributed by atoms with Crippen molar-refractivity contribution in [1.29, 1.82) is 0 Å². The van der Waals surface area contributed by atoms with Crippen LogP contribution in [0.1, 0.15) is 29.8 Å². The maximum Gasteiger partial charge on any atom is 0.323 e. The second-order valence-electron chi connectivity index (χ2n) is 5.71. The molecule has 0 bridgehead atoms. The summed E-state index contributed by atoms with van der Waals surface area (Å²) in [5, 5.41) is 11.7. The Balaban J connectivity index is 1.77. The third-order valence-electron chi connectivity index (χ3n) is 4.04. The lowest BCUT2D eigenvalue weighted by molar-refractivity contribution is -0.137. The topological polar surface area (TPSA) is 74.6 Å². The maximum atomic E-state index is 12.1. The van der Waals surface area contributed by atoms with Gasteiger partial charge >= 0.3 is 5.97 Å². The van der Waals surface area contributed by atoms with Crippen molar-refractivity contribution in [2.75, 3.05) is 26.7 Å². The van der Waals surface area contributed by atoms with Gasteiger partial charge in [0, 0.05) is 12.7 Å². The highest BCUT2D eigenvalue weighted by molar-refractivity contribution is 5.93. The summed E-state index contributed by atoms with van der Waals surface area (Å²) in [5.41, 5.74) is 0.403. The van der Waals surface area contributed by atoms with Crippen LogP contribution in [0.2, 0.25) is 0 Å². The number of rotatable bonds is 6. The van der Waals surface area contributed by atoms with E-state index < -0.39 is 5.97 Å². The molecule has 1 aromatic heterocycles. The van der Waals surface area contributed by atoms with Gasteiger partial charge < -0.3 is 19.9 Å². The summed E-state index contributed by atoms with van der Waals surface area (Å²) in [4.78, 5) is 25.1. The summed E-state index contributed by atoms with van der Waals surface area (Å²) < 4.78 is 1.45. The Morgan fingerprint density at radius 2 is 2.10 bits per heavy atom. The molecule has 0 unspecified atom stereocenters. The van der Waals surface area contributed by atoms with Gasteiger partial charge in [-0.15, -0.1) is 0 Å². The third-order valence-corrected chi connectivity index (χ3v) is 4.04. The van der Waals surface area contributed by atoms with Crippen LogP contribution < -0.4 is 5.32 Å². The number of carboxylic acid groups (broad SMARTS) is 1. The van der Waals surface area contributed by atoms with E-state index in [0.717, 1.165) is 19.5 Å². The zero-order chi connectivity index (χ0) is 15.2. The summed E-state index contributed by atoms with van der Waals surface area (Å²) in [6.45, 7) is 2.70. The molecule has 0 aromatic carbocycles. The van der Waals surface area contributed by atoms with Crippen LogP contribution in [0.3, 0.4) is 0 Å². The predicted molar refractivity (Wildman–Crippen MR) is 79.2 cm³/mol. The van der Waals surface area contributed by atoms with E-state index in [4.69, 9.17) is 5.11 Å². The first-order valence-corrected chi connectivity index (χ1v) is 7.40. The van der Waals surface area contributed by atoms with Gasteiger partial charge in [-0.1, -0.05) is 0 Å². The fourth-order valence-electron chi connectivity index (χ4n) is 2.73. The predicted octanol–water partition coefficient (Wildman–Crippen LogP) is 1.03. The molecule has 2 heterocycles. The van der Waals surface area contributed by atoms with E-state index in [1.807, 2.05) is 0 Å². The van der Waals surface area contributed by atoms with Gasteiger partial charge in [-0.3, -0.25) is 9.59 Å². The fourth-order valence-corrected chi connectivity index (χ4v) is 2.73. The zero-order valence-electron chi connectivity index (χ0n) is 12.4. The van der Waals surface area contributed by atoms with Crippen molar-refractivity contribution in [2.45, 2.75) is 25.8 Å². The van der Waals surface area contributed by atoms with Gasteiger partial charge in [0.15, 0.2) is 0 Å². The molecule has 0 radical (unpaired) electrons. The van der Waals surface area contributed by atoms with Gasteiger partial charge in [-0.2, -0.15) is 0 Å². The molecule has 0 aliphatic carbocycles. The Bertz CT molecular complexity index is 490. The number of carbonyl (C=O) groups is 2. The number of aliphatic carboxylic acids is 1. The van der Waals surface area contributed by atoms with Crippen LogP contribution in [0.4, 0.5) is 0 Å². The van der Waals surface area contributed by atoms with Crippen molar-refractivity contribution in [3.63, 3.8) is 0 Å². The van der Waals surface area contributed by atoms with Crippen molar-refractivity contribution in [2.24, 2.45) is 5.92 Å². The molecule has 0 spiro atoms. The number of carbonyl (C=O) groups excluding carboxylic acids is 1. The van der Waals surface area contributed by atoms with E-state index in [9.17, 15) is 9.59 Å². The Morgan fingerprint density at radius 3 is 2.76 bits per heavy atom. The van der Waals surface area contributed by atoms with Crippen LogP contribution >= 0.6 is 0 Å². The average Bonchev–Trinajstić information content (AvgIpc) is 2.88. The van der Waals surface area contributed by atoms with Crippen molar-refractivity contribution in [1.82, 2.24) is 14.8 Å². The summed E-state index contributed by atoms with van der Waals surface area (Å²) in [5.74, 6) is -0.479. The minimum absolute atomic E-state index is 0.190. The normalized spacial score (nSPS) is 16.8. The van der Waals surface area contributed by atoms with Crippen LogP contribution in [0.5, 0.6) is 0 Å². The summed E-state index contributed by atoms with van der Waals surface area (Å²) >= 11 is 0. The Kier molecular flexibility index (Phi) is 5.38. The van der Waals surface area contributed by atoms with Gasteiger partial charge in [-0.05, 0) is 57.5 Å². The molecular formula is C15H23N3O3. The van der Waals surface area contributed by atoms with Gasteiger partial charge in [-0.25, -0.2) is 0 Å². The molecule has 6 heteroatoms. The number of likely N-dealkylation sites (tertiary alicyclic amines) is 1. The van der Waals surface area contributed by atoms with Gasteiger partial charge in [0.2, 0.25) is 0 Å². The summed E-state index contributed by atoms with van der Waals surface area (Å²) in [7, 11) is 2.13. The second-order valence-corrected chi connectivity index (χ2v) is 5.71. The number of carboxylic acids is 1. The van der Waals surface area contributed by atoms with E-state index >= 15 is 0 Å². The lowest BCUT2D eigenvalue weighted by atomic mass is 9.94. The highest BCUT2D eigenvalue weighted by Crippen LogP contribution is 2.18. The number of amides is 1. The molecule has 116 valence electrons. The van der Waals surface area contributed by atoms with Crippen LogP contribution in [0, 0.1) is 5.92 Å². The van der Waals surface area contributed by atoms with Gasteiger partial charge in [0.25, 0.3) is 5.91 Å². The van der Waals surface area contributed by atoms with Gasteiger partial charge in [0.05, 0.1) is 0 Å². The van der Waals surface area contributed by atoms with E-state index in [-0.39, 0.29) is 12.5 Å². The maximum absolute atomic E-state index is 12.1. The lowest BCUT2D eigenvalue weighted by Gasteiger charge is -2.28. The molecule has 1 saturated heterocycles. The molecule has 1 aromatic rings. The molecular weight excluding hydrogens is 270 g/mol. The number of aromatic nitrogens is 1. The van der Waals surface area contributed by atoms with Crippen molar-refractivity contribution in [3.8, 4) is 0 Å². The molecule has 1 amide bonds. The van der Waals surface area contributed by atoms with Crippen molar-refractivity contribution >= 4 is 11.9 Å². The number of nitrogens with zero attached hydrogens (tertiary/aromatic N) is 2. The zero-order valence-corrected chi connectivity index (χ0v) is 12.4. The smallest absolute Gasteiger partial charge is 0.323 e. The van der Waals surface area contributed by atoms with Crippen LogP contribution in [-0.2, 0) is 11.3 Å². The average molecular weight is 293 g/mol. The van der Waals surface area contributed by atoms with E-state index in [0.29, 0.717) is 18.2 Å². The van der Waals surface area contributed by atoms with Crippen LogP contribution in [0.15, 0.2) is 18.3 Å². The van der Waals surface area contributed by atoms with Gasteiger partial charge in [0.1, 0.15) is 12.2 Å². The van der Waals surface area contributed by atoms with E-state index in [1.165, 1.54) is 17.4 Å². The van der Waals surface area contributed by atoms with Crippen molar-refractivity contribution < 1.29 is 14.7 Å². The molecule has 2 N–H and O–H groups in total. The molecule has 1 fully saturated rings. The highest BCUT2D eigenvalue weighted by atomic mass is 16.4. The molecule has 1 aliphatic rings. The summed E-state index contributed by atoms with van der Waals surface area (Å²) in [6, 6.07) is 3.34. The standard InChI is InChI=1S/C15H23N3O3/c1-17-9-5-12(6-10-17)4-7-16-15(21)13-3-2-8-18(13)11-14(19)20/h2-3,8,12H,4-7,9-11H2,1H3,(H,16,21)(H,19,20). The summed E-state index contributed by atoms with van der Waals surface area (Å²) in [6.07, 6.45) is 4.96. The number of piperidine rings is 1. The molecule has 0 saturated carbocycles. The van der Waals surface area contributed by atoms with Crippen molar-refractivity contribution in [3.05, 3.63) is 24.0 Å². The first kappa shape index (κ1) is 15.6. The monoisotopic (exact) mass is 293 g/mol. The third kappa shape index (κ3) is 4.60. The van der Waals surface area contributed by atoms with Crippen LogP contribution in [0.25, 0.3) is 0 Å². The lowest BCUT2D eigenvalue weighted by Crippen LogP contribution is -2.33. The SMILES string of the molecule is CN1CCC(CCNC(=O)c2cccn2CC(=O)O)CC1. The Labute approximate surface area is 124 Å². The first-order valence-electron chi connectivity index (χ1n) is 7.40. The van der Waals surface area contributed by atoms with E-state index in [1.54, 1.807) is 18.3 Å².